The van der Waals surface area contributed by atoms with Crippen molar-refractivity contribution in [1.29, 1.82) is 0 Å². The van der Waals surface area contributed by atoms with Crippen LogP contribution in [0.2, 0.25) is 5.02 Å². The molecule has 1 aromatic heterocycles. The Balaban J connectivity index is 1.19. The molecule has 2 heterocycles. The first-order valence-electron chi connectivity index (χ1n) is 12.0. The molecular weight excluding hydrogens is 526 g/mol. The smallest absolute Gasteiger partial charge is 0.410 e. The van der Waals surface area contributed by atoms with Crippen molar-refractivity contribution in [2.75, 3.05) is 26.2 Å². The summed E-state index contributed by atoms with van der Waals surface area (Å²) in [4.78, 5) is 33.1. The minimum absolute atomic E-state index is 0.177. The molecule has 0 unspecified atom stereocenters. The number of para-hydroxylation sites is 1. The number of benzene rings is 3. The third kappa shape index (κ3) is 5.64. The van der Waals surface area contributed by atoms with Gasteiger partial charge in [0.1, 0.15) is 5.75 Å². The van der Waals surface area contributed by atoms with Crippen molar-refractivity contribution >= 4 is 44.3 Å². The fourth-order valence-electron chi connectivity index (χ4n) is 4.31. The molecule has 8 nitrogen and oxygen atoms in total. The van der Waals surface area contributed by atoms with Gasteiger partial charge in [0, 0.05) is 48.3 Å². The van der Waals surface area contributed by atoms with Crippen LogP contribution < -0.4 is 4.74 Å². The number of pyridine rings is 1. The van der Waals surface area contributed by atoms with E-state index in [1.165, 1.54) is 0 Å². The molecule has 1 aliphatic heterocycles. The van der Waals surface area contributed by atoms with E-state index in [1.807, 2.05) is 12.1 Å². The summed E-state index contributed by atoms with van der Waals surface area (Å²) in [5, 5.41) is 1.31. The third-order valence-corrected chi connectivity index (χ3v) is 8.30. The summed E-state index contributed by atoms with van der Waals surface area (Å²) >= 11 is 5.86. The maximum absolute atomic E-state index is 13.1. The average molecular weight is 550 g/mol. The van der Waals surface area contributed by atoms with Crippen LogP contribution in [-0.4, -0.2) is 61.4 Å². The van der Waals surface area contributed by atoms with E-state index in [-0.39, 0.29) is 16.6 Å². The molecule has 5 rings (SSSR count). The van der Waals surface area contributed by atoms with Crippen LogP contribution in [0.15, 0.2) is 90.0 Å². The van der Waals surface area contributed by atoms with Crippen LogP contribution in [0.1, 0.15) is 15.9 Å². The van der Waals surface area contributed by atoms with Gasteiger partial charge in [-0.15, -0.1) is 0 Å². The van der Waals surface area contributed by atoms with Crippen LogP contribution >= 0.6 is 11.6 Å². The van der Waals surface area contributed by atoms with Crippen LogP contribution in [0.5, 0.6) is 5.75 Å². The fourth-order valence-corrected chi connectivity index (χ4v) is 5.97. The number of carbonyl (C=O) groups is 2. The number of halogens is 1. The largest absolute Gasteiger partial charge is 0.415 e. The molecule has 0 radical (unpaired) electrons. The summed E-state index contributed by atoms with van der Waals surface area (Å²) in [5.74, 6) is 0.0195. The minimum Gasteiger partial charge on any atom is -0.410 e. The molecule has 0 saturated carbocycles. The Kier molecular flexibility index (Phi) is 7.31. The first kappa shape index (κ1) is 25.7. The highest BCUT2D eigenvalue weighted by Crippen LogP contribution is 2.24. The lowest BCUT2D eigenvalue weighted by molar-refractivity contribution is 0.0633. The molecule has 1 aliphatic rings. The number of nitrogens with zero attached hydrogens (tertiary/aromatic N) is 3. The van der Waals surface area contributed by atoms with Gasteiger partial charge in [0.2, 0.25) is 0 Å². The SMILES string of the molecule is O=C(Oc1ccc(Cl)cc1)N1CCN(C(=O)c2ccc(CS(=O)(=O)c3cccc4cccnc34)cc2)CC1. The Labute approximate surface area is 225 Å². The number of hydrogen-bond donors (Lipinski definition) is 0. The van der Waals surface area contributed by atoms with Crippen molar-refractivity contribution in [3.63, 3.8) is 0 Å². The fraction of sp³-hybridized carbons (Fsp3) is 0.179. The lowest BCUT2D eigenvalue weighted by Crippen LogP contribution is -2.51. The Hall–Kier alpha value is -3.95. The van der Waals surface area contributed by atoms with E-state index in [4.69, 9.17) is 16.3 Å². The highest BCUT2D eigenvalue weighted by molar-refractivity contribution is 7.90. The average Bonchev–Trinajstić information content (AvgIpc) is 2.94. The molecule has 0 N–H and O–H groups in total. The maximum Gasteiger partial charge on any atom is 0.415 e. The van der Waals surface area contributed by atoms with E-state index in [9.17, 15) is 18.0 Å². The lowest BCUT2D eigenvalue weighted by Gasteiger charge is -2.34. The van der Waals surface area contributed by atoms with Crippen LogP contribution in [0.25, 0.3) is 10.9 Å². The molecule has 0 spiro atoms. The quantitative estimate of drug-likeness (QED) is 0.354. The molecule has 0 aliphatic carbocycles. The molecular formula is C28H24ClN3O5S. The predicted octanol–water partition coefficient (Wildman–Crippen LogP) is 4.82. The minimum atomic E-state index is -3.65. The van der Waals surface area contributed by atoms with Gasteiger partial charge < -0.3 is 14.5 Å². The summed E-state index contributed by atoms with van der Waals surface area (Å²) in [6, 6.07) is 21.8. The molecule has 38 heavy (non-hydrogen) atoms. The standard InChI is InChI=1S/C28H24ClN3O5S/c29-23-10-12-24(13-11-23)37-28(34)32-17-15-31(16-18-32)27(33)22-8-6-20(7-9-22)19-38(35,36)25-5-1-3-21-4-2-14-30-26(21)25/h1-14H,15-19H2. The van der Waals surface area contributed by atoms with Crippen LogP contribution in [0.4, 0.5) is 4.79 Å². The summed E-state index contributed by atoms with van der Waals surface area (Å²) in [7, 11) is -3.65. The number of fused-ring (bicyclic) bond motifs is 1. The number of amides is 2. The van der Waals surface area contributed by atoms with Gasteiger partial charge in [-0.3, -0.25) is 9.78 Å². The maximum atomic E-state index is 13.1. The Morgan fingerprint density at radius 2 is 1.50 bits per heavy atom. The Bertz CT molecular complexity index is 1580. The first-order chi connectivity index (χ1) is 18.3. The summed E-state index contributed by atoms with van der Waals surface area (Å²) in [5.41, 5.74) is 1.47. The van der Waals surface area contributed by atoms with E-state index in [1.54, 1.807) is 82.7 Å². The van der Waals surface area contributed by atoms with Crippen molar-refractivity contribution in [2.45, 2.75) is 10.6 Å². The summed E-state index contributed by atoms with van der Waals surface area (Å²) in [6.45, 7) is 1.40. The molecule has 2 amide bonds. The second-order valence-corrected chi connectivity index (χ2v) is 11.3. The van der Waals surface area contributed by atoms with Crippen LogP contribution in [0, 0.1) is 0 Å². The molecule has 1 saturated heterocycles. The molecule has 0 atom stereocenters. The zero-order valence-electron chi connectivity index (χ0n) is 20.3. The molecule has 3 aromatic carbocycles. The number of sulfone groups is 1. The van der Waals surface area contributed by atoms with E-state index in [0.29, 0.717) is 53.6 Å². The molecule has 1 fully saturated rings. The monoisotopic (exact) mass is 549 g/mol. The molecule has 0 bridgehead atoms. The number of carbonyl (C=O) groups excluding carboxylic acids is 2. The molecule has 10 heteroatoms. The Morgan fingerprint density at radius 1 is 0.842 bits per heavy atom. The highest BCUT2D eigenvalue weighted by atomic mass is 35.5. The van der Waals surface area contributed by atoms with E-state index >= 15 is 0 Å². The van der Waals surface area contributed by atoms with E-state index in [0.717, 1.165) is 5.39 Å². The topological polar surface area (TPSA) is 96.9 Å². The summed E-state index contributed by atoms with van der Waals surface area (Å²) < 4.78 is 31.6. The van der Waals surface area contributed by atoms with Crippen molar-refractivity contribution in [3.05, 3.63) is 101 Å². The van der Waals surface area contributed by atoms with Crippen molar-refractivity contribution in [2.24, 2.45) is 0 Å². The van der Waals surface area contributed by atoms with Gasteiger partial charge >= 0.3 is 6.09 Å². The van der Waals surface area contributed by atoms with Gasteiger partial charge in [-0.25, -0.2) is 13.2 Å². The number of hydrogen-bond acceptors (Lipinski definition) is 6. The van der Waals surface area contributed by atoms with Gasteiger partial charge in [-0.2, -0.15) is 0 Å². The highest BCUT2D eigenvalue weighted by Gasteiger charge is 2.26. The second kappa shape index (κ2) is 10.8. The second-order valence-electron chi connectivity index (χ2n) is 8.89. The van der Waals surface area contributed by atoms with Gasteiger partial charge in [-0.05, 0) is 54.1 Å². The van der Waals surface area contributed by atoms with Gasteiger partial charge in [-0.1, -0.05) is 41.9 Å². The summed E-state index contributed by atoms with van der Waals surface area (Å²) in [6.07, 6.45) is 1.09. The Morgan fingerprint density at radius 3 is 2.21 bits per heavy atom. The normalized spacial score (nSPS) is 13.9. The van der Waals surface area contributed by atoms with Crippen molar-refractivity contribution < 1.29 is 22.7 Å². The van der Waals surface area contributed by atoms with Crippen molar-refractivity contribution in [3.8, 4) is 5.75 Å². The van der Waals surface area contributed by atoms with Gasteiger partial charge in [0.15, 0.2) is 9.84 Å². The van der Waals surface area contributed by atoms with E-state index in [2.05, 4.69) is 4.98 Å². The van der Waals surface area contributed by atoms with Crippen LogP contribution in [0.3, 0.4) is 0 Å². The number of rotatable bonds is 5. The van der Waals surface area contributed by atoms with Crippen LogP contribution in [-0.2, 0) is 15.6 Å². The number of piperazine rings is 1. The van der Waals surface area contributed by atoms with Crippen molar-refractivity contribution in [1.82, 2.24) is 14.8 Å². The zero-order valence-corrected chi connectivity index (χ0v) is 21.9. The lowest BCUT2D eigenvalue weighted by atomic mass is 10.1. The number of aromatic nitrogens is 1. The number of ether oxygens (including phenoxy) is 1. The van der Waals surface area contributed by atoms with E-state index < -0.39 is 15.9 Å². The van der Waals surface area contributed by atoms with Gasteiger partial charge in [0.05, 0.1) is 16.2 Å². The van der Waals surface area contributed by atoms with Gasteiger partial charge in [0.25, 0.3) is 5.91 Å². The zero-order chi connectivity index (χ0) is 26.7. The third-order valence-electron chi connectivity index (χ3n) is 6.33. The first-order valence-corrected chi connectivity index (χ1v) is 14.0. The predicted molar refractivity (Wildman–Crippen MR) is 144 cm³/mol. The molecule has 194 valence electrons. The molecule has 4 aromatic rings.